The topological polar surface area (TPSA) is 137 Å². The number of amides is 1. The third-order valence-electron chi connectivity index (χ3n) is 2.84. The number of nitrogens with zero attached hydrogens (tertiary/aromatic N) is 3. The summed E-state index contributed by atoms with van der Waals surface area (Å²) in [5.41, 5.74) is 1.99. The van der Waals surface area contributed by atoms with Crippen LogP contribution in [0.15, 0.2) is 65.7 Å². The fraction of sp³-hybridized carbons (Fsp3) is 0.0625. The Hall–Kier alpha value is -2.40. The molecule has 2 aromatic carbocycles. The molecule has 0 saturated carbocycles. The average molecular weight is 396 g/mol. The molecule has 3 aromatic rings. The highest BCUT2D eigenvalue weighted by Gasteiger charge is 2.10. The van der Waals surface area contributed by atoms with Gasteiger partial charge in [-0.1, -0.05) is 48.5 Å². The van der Waals surface area contributed by atoms with Crippen LogP contribution in [0.1, 0.15) is 6.92 Å². The lowest BCUT2D eigenvalue weighted by Gasteiger charge is -2.05. The predicted octanol–water partition coefficient (Wildman–Crippen LogP) is -1.08. The summed E-state index contributed by atoms with van der Waals surface area (Å²) in [5.74, 6) is 0.537. The predicted molar refractivity (Wildman–Crippen MR) is 85.3 cm³/mol. The number of rotatable bonds is 2. The maximum Gasteiger partial charge on any atom is 0.245 e. The number of carbonyl (C=O) groups is 1. The Balaban J connectivity index is 0.000000431. The first-order valence-corrected chi connectivity index (χ1v) is 9.17. The van der Waals surface area contributed by atoms with Gasteiger partial charge in [-0.15, -0.1) is 0 Å². The highest BCUT2D eigenvalue weighted by molar-refractivity contribution is 7.04. The number of carbonyl (C=O) groups excluding carboxylic acids is 1. The van der Waals surface area contributed by atoms with Gasteiger partial charge in [0.15, 0.2) is 5.82 Å². The maximum atomic E-state index is 11.2. The second-order valence-corrected chi connectivity index (χ2v) is 6.54. The van der Waals surface area contributed by atoms with Gasteiger partial charge in [0, 0.05) is 12.5 Å². The van der Waals surface area contributed by atoms with Crippen LogP contribution in [0.5, 0.6) is 0 Å². The van der Waals surface area contributed by atoms with Crippen molar-refractivity contribution in [1.29, 1.82) is 0 Å². The Morgan fingerprint density at radius 1 is 1.08 bits per heavy atom. The summed E-state index contributed by atoms with van der Waals surface area (Å²) in [6.07, 6.45) is 0. The van der Waals surface area contributed by atoms with Crippen LogP contribution in [0.3, 0.4) is 0 Å². The van der Waals surface area contributed by atoms with Crippen molar-refractivity contribution in [1.82, 2.24) is 8.94 Å². The minimum absolute atomic E-state index is 0.247. The summed E-state index contributed by atoms with van der Waals surface area (Å²) >= 11 is 1.35. The van der Waals surface area contributed by atoms with Crippen LogP contribution in [0, 0.1) is 10.2 Å². The van der Waals surface area contributed by atoms with Crippen LogP contribution in [-0.2, 0) is 4.79 Å². The molecule has 0 unspecified atom stereocenters. The van der Waals surface area contributed by atoms with Crippen LogP contribution >= 0.6 is 11.5 Å². The smallest absolute Gasteiger partial charge is 0.245 e. The molecule has 0 saturated heterocycles. The van der Waals surface area contributed by atoms with E-state index in [-0.39, 0.29) is 5.91 Å². The minimum Gasteiger partial charge on any atom is -0.273 e. The fourth-order valence-corrected chi connectivity index (χ4v) is 2.89. The maximum absolute atomic E-state index is 11.2. The van der Waals surface area contributed by atoms with Crippen molar-refractivity contribution in [3.8, 4) is 17.1 Å². The van der Waals surface area contributed by atoms with Gasteiger partial charge in [0.05, 0.1) is 20.6 Å². The molecule has 8 nitrogen and oxygen atoms in total. The Morgan fingerprint density at radius 2 is 1.58 bits per heavy atom. The van der Waals surface area contributed by atoms with E-state index in [2.05, 4.69) is 9.98 Å². The van der Waals surface area contributed by atoms with Gasteiger partial charge in [0.1, 0.15) is 0 Å². The van der Waals surface area contributed by atoms with E-state index >= 15 is 0 Å². The summed E-state index contributed by atoms with van der Waals surface area (Å²) in [6.45, 7) is 1.43. The quantitative estimate of drug-likeness (QED) is 0.586. The Bertz CT molecular complexity index is 854. The summed E-state index contributed by atoms with van der Waals surface area (Å²) in [5, 5.41) is 0. The van der Waals surface area contributed by atoms with Crippen molar-refractivity contribution in [3.05, 3.63) is 65.5 Å². The molecule has 1 amide bonds. The molecular weight excluding hydrogens is 382 g/mol. The third kappa shape index (κ3) is 6.48. The lowest BCUT2D eigenvalue weighted by molar-refractivity contribution is -1.92. The zero-order valence-electron chi connectivity index (χ0n) is 13.5. The lowest BCUT2D eigenvalue weighted by atomic mass is 10.2. The second kappa shape index (κ2) is 8.81. The second-order valence-electron chi connectivity index (χ2n) is 4.83. The van der Waals surface area contributed by atoms with E-state index in [0.29, 0.717) is 4.80 Å². The van der Waals surface area contributed by atoms with Gasteiger partial charge in [-0.2, -0.15) is 24.0 Å². The molecule has 1 N–H and O–H groups in total. The highest BCUT2D eigenvalue weighted by Crippen LogP contribution is 2.21. The molecule has 0 atom stereocenters. The molecular formula is C16H14ClN3O5S. The normalized spacial score (nSPS) is 11.7. The van der Waals surface area contributed by atoms with Gasteiger partial charge in [0.2, 0.25) is 10.7 Å². The fourth-order valence-electron chi connectivity index (χ4n) is 1.97. The number of aromatic nitrogens is 2. The number of halogens is 1. The number of benzene rings is 2. The molecule has 0 spiro atoms. The van der Waals surface area contributed by atoms with Crippen LogP contribution in [0.4, 0.5) is 0 Å². The highest BCUT2D eigenvalue weighted by atomic mass is 35.7. The molecule has 0 bridgehead atoms. The largest absolute Gasteiger partial charge is 0.273 e. The van der Waals surface area contributed by atoms with E-state index < -0.39 is 10.2 Å². The van der Waals surface area contributed by atoms with Crippen molar-refractivity contribution in [2.75, 3.05) is 0 Å². The molecule has 0 fully saturated rings. The minimum atomic E-state index is -4.69. The van der Waals surface area contributed by atoms with E-state index in [9.17, 15) is 4.79 Å². The number of hydrogen-bond donors (Lipinski definition) is 1. The van der Waals surface area contributed by atoms with Crippen molar-refractivity contribution >= 4 is 17.4 Å². The first-order chi connectivity index (χ1) is 12.2. The summed E-state index contributed by atoms with van der Waals surface area (Å²) < 4.78 is 34.7. The van der Waals surface area contributed by atoms with Gasteiger partial charge < -0.3 is 0 Å². The Labute approximate surface area is 154 Å². The monoisotopic (exact) mass is 395 g/mol. The van der Waals surface area contributed by atoms with Crippen molar-refractivity contribution in [2.45, 2.75) is 6.92 Å². The zero-order valence-corrected chi connectivity index (χ0v) is 15.1. The van der Waals surface area contributed by atoms with Crippen molar-refractivity contribution < 1.29 is 33.7 Å². The van der Waals surface area contributed by atoms with Gasteiger partial charge >= 0.3 is 0 Å². The summed E-state index contributed by atoms with van der Waals surface area (Å²) in [6, 6.07) is 19.8. The summed E-state index contributed by atoms with van der Waals surface area (Å²) in [4.78, 5) is 20.1. The van der Waals surface area contributed by atoms with Crippen molar-refractivity contribution in [3.63, 3.8) is 0 Å². The van der Waals surface area contributed by atoms with E-state index in [1.54, 1.807) is 0 Å². The Kier molecular flexibility index (Phi) is 6.75. The number of para-hydroxylation sites is 1. The molecule has 136 valence electrons. The van der Waals surface area contributed by atoms with E-state index in [0.717, 1.165) is 17.1 Å². The molecule has 10 heteroatoms. The van der Waals surface area contributed by atoms with Gasteiger partial charge in [0.25, 0.3) is 0 Å². The van der Waals surface area contributed by atoms with Gasteiger partial charge in [-0.3, -0.25) is 4.79 Å². The molecule has 26 heavy (non-hydrogen) atoms. The third-order valence-corrected chi connectivity index (χ3v) is 3.75. The molecule has 0 aliphatic rings. The standard InChI is InChI=1S/C16H13N3OS.ClHO4/c1-12(20)17-16-18-15(13-8-4-2-5-9-13)19(21-16)14-10-6-3-7-11-14;2-1(3,4)5/h2-11H,1H3;(H,2,3,4,5). The molecule has 0 aliphatic heterocycles. The first kappa shape index (κ1) is 19.9. The van der Waals surface area contributed by atoms with Crippen LogP contribution in [0.25, 0.3) is 17.1 Å². The lowest BCUT2D eigenvalue weighted by Crippen LogP contribution is -2.58. The molecule has 0 radical (unpaired) electrons. The van der Waals surface area contributed by atoms with Crippen molar-refractivity contribution in [2.24, 2.45) is 4.99 Å². The SMILES string of the molecule is CC(=O)N=c1nc(-c2ccccc2)n(-c2ccccc2)s1.[O-][Cl+3]([O-])([O-])O. The van der Waals surface area contributed by atoms with E-state index in [4.69, 9.17) is 18.6 Å². The molecule has 0 aliphatic carbocycles. The van der Waals surface area contributed by atoms with E-state index in [1.807, 2.05) is 64.6 Å². The van der Waals surface area contributed by atoms with E-state index in [1.165, 1.54) is 18.5 Å². The van der Waals surface area contributed by atoms with Crippen LogP contribution in [0.2, 0.25) is 0 Å². The van der Waals surface area contributed by atoms with Crippen LogP contribution in [-0.4, -0.2) is 19.5 Å². The molecule has 1 heterocycles. The van der Waals surface area contributed by atoms with Gasteiger partial charge in [-0.05, 0) is 23.7 Å². The Morgan fingerprint density at radius 3 is 2.08 bits per heavy atom. The first-order valence-electron chi connectivity index (χ1n) is 7.14. The van der Waals surface area contributed by atoms with Gasteiger partial charge in [-0.25, -0.2) is 3.96 Å². The zero-order chi connectivity index (χ0) is 19.2. The molecule has 3 rings (SSSR count). The molecule has 1 aromatic heterocycles. The summed E-state index contributed by atoms with van der Waals surface area (Å²) in [7, 11) is -4.69. The number of hydrogen-bond acceptors (Lipinski definition) is 7. The van der Waals surface area contributed by atoms with Crippen LogP contribution < -0.4 is 18.8 Å². The average Bonchev–Trinajstić information content (AvgIpc) is 2.98.